The molecule has 0 saturated carbocycles. The van der Waals surface area contributed by atoms with Gasteiger partial charge in [0, 0.05) is 53.4 Å². The molecule has 1 saturated heterocycles. The Labute approximate surface area is 348 Å². The smallest absolute Gasteiger partial charge is 0.419 e. The minimum atomic E-state index is -1.37. The summed E-state index contributed by atoms with van der Waals surface area (Å²) in [6.45, 7) is 8.29. The van der Waals surface area contributed by atoms with E-state index < -0.39 is 53.0 Å². The molecule has 20 heteroatoms. The molecular weight excluding hydrogens is 800 g/mol. The number of aliphatic hydroxyl groups is 1. The van der Waals surface area contributed by atoms with Gasteiger partial charge in [-0.25, -0.2) is 19.0 Å². The maximum Gasteiger partial charge on any atom is 0.419 e. The van der Waals surface area contributed by atoms with Crippen LogP contribution in [-0.2, 0) is 25.5 Å². The lowest BCUT2D eigenvalue weighted by Crippen LogP contribution is -2.60. The van der Waals surface area contributed by atoms with Crippen molar-refractivity contribution in [3.05, 3.63) is 89.3 Å². The lowest BCUT2D eigenvalue weighted by Gasteiger charge is -2.38. The molecule has 1 atom stereocenters. The Morgan fingerprint density at radius 2 is 1.60 bits per heavy atom. The molecule has 0 spiro atoms. The number of hydrogen-bond acceptors (Lipinski definition) is 11. The highest BCUT2D eigenvalue weighted by molar-refractivity contribution is 6.41. The number of tetrazole rings is 1. The van der Waals surface area contributed by atoms with E-state index in [2.05, 4.69) is 31.5 Å². The molecule has 1 unspecified atom stereocenters. The number of benzene rings is 3. The largest absolute Gasteiger partial charge is 0.477 e. The fourth-order valence-corrected chi connectivity index (χ4v) is 6.80. The van der Waals surface area contributed by atoms with Crippen molar-refractivity contribution >= 4 is 75.4 Å². The summed E-state index contributed by atoms with van der Waals surface area (Å²) in [6, 6.07) is 15.2. The molecule has 19 nitrogen and oxygen atoms in total. The van der Waals surface area contributed by atoms with Crippen molar-refractivity contribution in [2.45, 2.75) is 64.6 Å². The number of ether oxygens (including phenoxy) is 1. The Kier molecular flexibility index (Phi) is 12.2. The third-order valence-corrected chi connectivity index (χ3v) is 9.69. The third-order valence-electron chi connectivity index (χ3n) is 9.45. The monoisotopic (exact) mass is 842 g/mol. The average molecular weight is 843 g/mol. The maximum atomic E-state index is 14.3. The standard InChI is InChI=1S/C40H43ClN10O9/c1-39(2,3)60-38(59)51-28-13-11-27(19-24(28)20-32(51)36(56)57)43-33(53)31(18-23-6-9-26(10-7-23)44-37(58)45-40(4,5)14-17-52)49-16-15-48(34(54)35(49)55)30-21-25(41)8-12-29(30)50-22-42-46-47-50/h6-13,19-22,31,52H,14-18H2,1-5H3,(H,43,53)(H,56,57)(H2,44,45,58). The summed E-state index contributed by atoms with van der Waals surface area (Å²) in [5.41, 5.74) is 0.172. The Hall–Kier alpha value is -6.86. The number of amides is 5. The van der Waals surface area contributed by atoms with Gasteiger partial charge in [-0.1, -0.05) is 23.7 Å². The molecule has 1 aliphatic heterocycles. The number of anilines is 3. The zero-order valence-electron chi connectivity index (χ0n) is 33.3. The predicted octanol–water partition coefficient (Wildman–Crippen LogP) is 4.46. The number of carboxylic acids is 1. The second-order valence-corrected chi connectivity index (χ2v) is 16.0. The Morgan fingerprint density at radius 3 is 2.25 bits per heavy atom. The van der Waals surface area contributed by atoms with E-state index in [1.807, 2.05) is 0 Å². The topological polar surface area (TPSA) is 243 Å². The highest BCUT2D eigenvalue weighted by atomic mass is 35.5. The van der Waals surface area contributed by atoms with Crippen LogP contribution in [0, 0.1) is 0 Å². The number of aliphatic hydroxyl groups excluding tert-OH is 1. The van der Waals surface area contributed by atoms with E-state index in [0.29, 0.717) is 33.8 Å². The highest BCUT2D eigenvalue weighted by Crippen LogP contribution is 2.31. The fraction of sp³-hybridized carbons (Fsp3) is 0.325. The van der Waals surface area contributed by atoms with Crippen LogP contribution >= 0.6 is 11.6 Å². The van der Waals surface area contributed by atoms with Gasteiger partial charge in [-0.3, -0.25) is 14.4 Å². The third kappa shape index (κ3) is 9.70. The molecular formula is C40H43ClN10O9. The minimum absolute atomic E-state index is 0.0312. The number of aromatic carboxylic acids is 1. The summed E-state index contributed by atoms with van der Waals surface area (Å²) in [5.74, 6) is -3.95. The van der Waals surface area contributed by atoms with Crippen LogP contribution in [0.15, 0.2) is 73.1 Å². The molecule has 2 aromatic heterocycles. The van der Waals surface area contributed by atoms with E-state index in [0.717, 1.165) is 4.57 Å². The number of carboxylic acid groups (broad SMARTS) is 1. The summed E-state index contributed by atoms with van der Waals surface area (Å²) in [6.07, 6.45) is 0.708. The van der Waals surface area contributed by atoms with Crippen LogP contribution in [0.5, 0.6) is 0 Å². The number of carbonyl (C=O) groups is 6. The summed E-state index contributed by atoms with van der Waals surface area (Å²) in [7, 11) is 0. The van der Waals surface area contributed by atoms with Crippen LogP contribution < -0.4 is 20.9 Å². The van der Waals surface area contributed by atoms with Gasteiger partial charge in [-0.2, -0.15) is 4.68 Å². The molecule has 314 valence electrons. The number of nitrogens with zero attached hydrogens (tertiary/aromatic N) is 7. The van der Waals surface area contributed by atoms with E-state index in [-0.39, 0.29) is 48.7 Å². The molecule has 5 amide bonds. The van der Waals surface area contributed by atoms with Crippen LogP contribution in [-0.4, -0.2) is 113 Å². The maximum absolute atomic E-state index is 14.3. The number of urea groups is 1. The molecule has 1 fully saturated rings. The zero-order chi connectivity index (χ0) is 43.5. The first-order valence-electron chi connectivity index (χ1n) is 18.7. The van der Waals surface area contributed by atoms with Gasteiger partial charge in [-0.15, -0.1) is 5.10 Å². The van der Waals surface area contributed by atoms with E-state index >= 15 is 0 Å². The molecule has 6 rings (SSSR count). The molecule has 5 aromatic rings. The van der Waals surface area contributed by atoms with E-state index in [1.165, 1.54) is 51.1 Å². The molecule has 3 aromatic carbocycles. The molecule has 3 heterocycles. The van der Waals surface area contributed by atoms with Gasteiger partial charge in [0.05, 0.1) is 16.9 Å². The number of hydrogen-bond donors (Lipinski definition) is 5. The highest BCUT2D eigenvalue weighted by Gasteiger charge is 2.41. The lowest BCUT2D eigenvalue weighted by atomic mass is 10.0. The number of aromatic nitrogens is 5. The first-order chi connectivity index (χ1) is 28.3. The van der Waals surface area contributed by atoms with Crippen LogP contribution in [0.2, 0.25) is 5.02 Å². The Bertz CT molecular complexity index is 2460. The van der Waals surface area contributed by atoms with Crippen molar-refractivity contribution in [3.8, 4) is 5.69 Å². The van der Waals surface area contributed by atoms with Crippen molar-refractivity contribution in [3.63, 3.8) is 0 Å². The Morgan fingerprint density at radius 1 is 0.883 bits per heavy atom. The van der Waals surface area contributed by atoms with Crippen molar-refractivity contribution in [1.29, 1.82) is 0 Å². The number of rotatable bonds is 12. The number of fused-ring (bicyclic) bond motifs is 1. The van der Waals surface area contributed by atoms with Gasteiger partial charge in [-0.05, 0) is 112 Å². The van der Waals surface area contributed by atoms with E-state index in [4.69, 9.17) is 16.3 Å². The first-order valence-corrected chi connectivity index (χ1v) is 19.1. The molecule has 0 aliphatic carbocycles. The number of halogens is 1. The normalized spacial score (nSPS) is 13.9. The predicted molar refractivity (Wildman–Crippen MR) is 219 cm³/mol. The molecule has 1 aliphatic rings. The van der Waals surface area contributed by atoms with Gasteiger partial charge >= 0.3 is 29.9 Å². The van der Waals surface area contributed by atoms with Crippen molar-refractivity contribution in [2.24, 2.45) is 0 Å². The number of piperazine rings is 1. The van der Waals surface area contributed by atoms with Gasteiger partial charge in [0.2, 0.25) is 5.91 Å². The number of nitrogens with one attached hydrogen (secondary N) is 3. The van der Waals surface area contributed by atoms with Crippen LogP contribution in [0.1, 0.15) is 57.1 Å². The zero-order valence-corrected chi connectivity index (χ0v) is 34.1. The summed E-state index contributed by atoms with van der Waals surface area (Å²) in [4.78, 5) is 82.6. The molecule has 5 N–H and O–H groups in total. The first kappa shape index (κ1) is 42.7. The second kappa shape index (κ2) is 17.2. The SMILES string of the molecule is CC(C)(CCO)NC(=O)Nc1ccc(CC(C(=O)Nc2ccc3c(c2)cc(C(=O)O)n3C(=O)OC(C)(C)C)N2CCN(c3cc(Cl)ccc3-n3cnnn3)C(=O)C2=O)cc1. The van der Waals surface area contributed by atoms with Crippen LogP contribution in [0.3, 0.4) is 0 Å². The van der Waals surface area contributed by atoms with Gasteiger partial charge in [0.1, 0.15) is 23.7 Å². The van der Waals surface area contributed by atoms with Gasteiger partial charge in [0.25, 0.3) is 0 Å². The van der Waals surface area contributed by atoms with Crippen molar-refractivity contribution in [2.75, 3.05) is 35.2 Å². The Balaban J connectivity index is 1.29. The second-order valence-electron chi connectivity index (χ2n) is 15.6. The average Bonchev–Trinajstić information content (AvgIpc) is 3.84. The summed E-state index contributed by atoms with van der Waals surface area (Å²) >= 11 is 6.32. The van der Waals surface area contributed by atoms with Crippen molar-refractivity contribution < 1.29 is 43.7 Å². The van der Waals surface area contributed by atoms with Gasteiger partial charge < -0.3 is 40.7 Å². The molecule has 0 radical (unpaired) electrons. The number of carbonyl (C=O) groups excluding carboxylic acids is 5. The fourth-order valence-electron chi connectivity index (χ4n) is 6.64. The van der Waals surface area contributed by atoms with Crippen molar-refractivity contribution in [1.82, 2.24) is 35.0 Å². The summed E-state index contributed by atoms with van der Waals surface area (Å²) in [5, 5.41) is 39.4. The van der Waals surface area contributed by atoms with Crippen LogP contribution in [0.25, 0.3) is 16.6 Å². The van der Waals surface area contributed by atoms with Crippen LogP contribution in [0.4, 0.5) is 26.7 Å². The minimum Gasteiger partial charge on any atom is -0.477 e. The van der Waals surface area contributed by atoms with Gasteiger partial charge in [0.15, 0.2) is 0 Å². The molecule has 60 heavy (non-hydrogen) atoms. The summed E-state index contributed by atoms with van der Waals surface area (Å²) < 4.78 is 7.70. The van der Waals surface area contributed by atoms with E-state index in [1.54, 1.807) is 71.0 Å². The lowest BCUT2D eigenvalue weighted by molar-refractivity contribution is -0.149. The van der Waals surface area contributed by atoms with E-state index in [9.17, 15) is 39.0 Å². The quantitative estimate of drug-likeness (QED) is 0.109. The molecule has 0 bridgehead atoms.